The van der Waals surface area contributed by atoms with Gasteiger partial charge in [0, 0.05) is 48.2 Å². The van der Waals surface area contributed by atoms with E-state index in [1.807, 2.05) is 42.5 Å². The molecule has 0 aliphatic carbocycles. The van der Waals surface area contributed by atoms with E-state index in [2.05, 4.69) is 20.6 Å². The van der Waals surface area contributed by atoms with Crippen molar-refractivity contribution >= 4 is 35.3 Å². The Labute approximate surface area is 163 Å². The molecule has 1 aliphatic rings. The highest BCUT2D eigenvalue weighted by atomic mass is 35.5. The minimum Gasteiger partial charge on any atom is -0.350 e. The number of hydrogen-bond acceptors (Lipinski definition) is 6. The third-order valence-electron chi connectivity index (χ3n) is 4.04. The Morgan fingerprint density at radius 3 is 2.63 bits per heavy atom. The fourth-order valence-electron chi connectivity index (χ4n) is 2.67. The van der Waals surface area contributed by atoms with Gasteiger partial charge < -0.3 is 16.4 Å². The van der Waals surface area contributed by atoms with Gasteiger partial charge in [0.15, 0.2) is 0 Å². The minimum absolute atomic E-state index is 0.370. The Morgan fingerprint density at radius 2 is 1.93 bits per heavy atom. The summed E-state index contributed by atoms with van der Waals surface area (Å²) in [6.45, 7) is 0.914. The predicted molar refractivity (Wildman–Crippen MR) is 108 cm³/mol. The van der Waals surface area contributed by atoms with Crippen molar-refractivity contribution in [1.82, 2.24) is 14.7 Å². The molecule has 0 bridgehead atoms. The Hall–Kier alpha value is -2.90. The molecule has 1 unspecified atom stereocenters. The van der Waals surface area contributed by atoms with E-state index >= 15 is 0 Å². The van der Waals surface area contributed by atoms with Gasteiger partial charge in [0.05, 0.1) is 5.70 Å². The lowest BCUT2D eigenvalue weighted by Gasteiger charge is -2.39. The Balaban J connectivity index is 1.95. The van der Waals surface area contributed by atoms with Gasteiger partial charge >= 0.3 is 5.79 Å². The number of aromatic nitrogens is 1. The number of nitrogens with two attached hydrogens (primary N) is 1. The molecule has 1 atom stereocenters. The topological polar surface area (TPSA) is 95.6 Å². The summed E-state index contributed by atoms with van der Waals surface area (Å²) in [6, 6.07) is 13.0. The average molecular weight is 385 g/mol. The summed E-state index contributed by atoms with van der Waals surface area (Å²) in [5, 5.41) is 6.02. The van der Waals surface area contributed by atoms with Crippen molar-refractivity contribution in [3.63, 3.8) is 0 Å². The van der Waals surface area contributed by atoms with Gasteiger partial charge in [-0.25, -0.2) is 9.41 Å². The molecule has 1 aromatic carbocycles. The number of anilines is 1. The number of amides is 1. The summed E-state index contributed by atoms with van der Waals surface area (Å²) in [5.74, 6) is -1.91. The van der Waals surface area contributed by atoms with Crippen LogP contribution in [-0.4, -0.2) is 40.4 Å². The first kappa shape index (κ1) is 18.9. The molecule has 8 heteroatoms. The van der Waals surface area contributed by atoms with Gasteiger partial charge in [0.1, 0.15) is 0 Å². The van der Waals surface area contributed by atoms with Gasteiger partial charge in [-0.15, -0.1) is 0 Å². The number of hydrogen-bond donors (Lipinski definition) is 3. The maximum atomic E-state index is 13.1. The number of benzene rings is 1. The molecule has 4 N–H and O–H groups in total. The van der Waals surface area contributed by atoms with Crippen molar-refractivity contribution in [2.75, 3.05) is 18.4 Å². The van der Waals surface area contributed by atoms with Crippen LogP contribution in [-0.2, 0) is 4.79 Å². The van der Waals surface area contributed by atoms with Gasteiger partial charge in [0.2, 0.25) is 0 Å². The van der Waals surface area contributed by atoms with Crippen molar-refractivity contribution in [1.29, 1.82) is 0 Å². The van der Waals surface area contributed by atoms with Crippen LogP contribution < -0.4 is 16.4 Å². The molecule has 0 saturated heterocycles. The largest absolute Gasteiger partial charge is 0.350 e. The van der Waals surface area contributed by atoms with E-state index in [9.17, 15) is 4.79 Å². The van der Waals surface area contributed by atoms with E-state index in [0.29, 0.717) is 30.9 Å². The molecule has 0 saturated carbocycles. The highest BCUT2D eigenvalue weighted by molar-refractivity contribution is 6.21. The second-order valence-electron chi connectivity index (χ2n) is 5.91. The number of rotatable bonds is 7. The molecule has 0 radical (unpaired) electrons. The highest BCUT2D eigenvalue weighted by Gasteiger charge is 2.46. The van der Waals surface area contributed by atoms with Gasteiger partial charge in [0.25, 0.3) is 5.91 Å². The zero-order valence-electron chi connectivity index (χ0n) is 14.7. The smallest absolute Gasteiger partial charge is 0.303 e. The van der Waals surface area contributed by atoms with E-state index in [0.717, 1.165) is 5.56 Å². The van der Waals surface area contributed by atoms with Crippen LogP contribution in [0, 0.1) is 0 Å². The summed E-state index contributed by atoms with van der Waals surface area (Å²) in [6.07, 6.45) is 7.32. The molecular weight excluding hydrogens is 364 g/mol. The maximum absolute atomic E-state index is 13.1. The van der Waals surface area contributed by atoms with Crippen LogP contribution in [0.25, 0.3) is 5.70 Å². The van der Waals surface area contributed by atoms with Crippen LogP contribution in [0.5, 0.6) is 0 Å². The predicted octanol–water partition coefficient (Wildman–Crippen LogP) is 2.19. The lowest BCUT2D eigenvalue weighted by Crippen LogP contribution is -2.60. The molecule has 0 fully saturated rings. The summed E-state index contributed by atoms with van der Waals surface area (Å²) < 4.78 is 1.31. The number of nitrogens with one attached hydrogen (secondary N) is 2. The molecular formula is C19H21ClN6O. The monoisotopic (exact) mass is 384 g/mol. The average Bonchev–Trinajstić information content (AvgIpc) is 2.71. The molecule has 3 rings (SSSR count). The first-order chi connectivity index (χ1) is 13.2. The van der Waals surface area contributed by atoms with Crippen LogP contribution in [0.3, 0.4) is 0 Å². The molecule has 0 spiro atoms. The fraction of sp³-hybridized carbons (Fsp3) is 0.211. The number of pyridine rings is 1. The lowest BCUT2D eigenvalue weighted by molar-refractivity contribution is -0.127. The van der Waals surface area contributed by atoms with E-state index in [1.54, 1.807) is 24.7 Å². The molecule has 27 heavy (non-hydrogen) atoms. The normalized spacial score (nSPS) is 18.7. The van der Waals surface area contributed by atoms with E-state index in [4.69, 9.17) is 17.5 Å². The van der Waals surface area contributed by atoms with Gasteiger partial charge in [-0.3, -0.25) is 9.78 Å². The highest BCUT2D eigenvalue weighted by Crippen LogP contribution is 2.34. The molecule has 1 aromatic heterocycles. The molecule has 1 aliphatic heterocycles. The summed E-state index contributed by atoms with van der Waals surface area (Å²) in [4.78, 5) is 21.5. The maximum Gasteiger partial charge on any atom is 0.303 e. The van der Waals surface area contributed by atoms with Crippen molar-refractivity contribution < 1.29 is 4.79 Å². The second-order valence-corrected chi connectivity index (χ2v) is 6.25. The van der Waals surface area contributed by atoms with Gasteiger partial charge in [-0.1, -0.05) is 18.2 Å². The molecule has 2 aromatic rings. The molecule has 140 valence electrons. The Kier molecular flexibility index (Phi) is 6.05. The zero-order valence-corrected chi connectivity index (χ0v) is 15.4. The lowest BCUT2D eigenvalue weighted by atomic mass is 10.1. The summed E-state index contributed by atoms with van der Waals surface area (Å²) in [7, 11) is 0. The van der Waals surface area contributed by atoms with Crippen LogP contribution in [0.1, 0.15) is 12.0 Å². The minimum atomic E-state index is -1.54. The molecule has 2 heterocycles. The van der Waals surface area contributed by atoms with Crippen LogP contribution in [0.4, 0.5) is 5.69 Å². The molecule has 7 nitrogen and oxygen atoms in total. The summed E-state index contributed by atoms with van der Waals surface area (Å²) in [5.41, 5.74) is 7.69. The van der Waals surface area contributed by atoms with Crippen LogP contribution in [0.2, 0.25) is 0 Å². The van der Waals surface area contributed by atoms with Crippen molar-refractivity contribution in [3.8, 4) is 0 Å². The number of carbonyl (C=O) groups is 1. The number of carbonyl (C=O) groups excluding carboxylic acids is 1. The van der Waals surface area contributed by atoms with Crippen LogP contribution >= 0.6 is 11.8 Å². The van der Waals surface area contributed by atoms with Gasteiger partial charge in [-0.2, -0.15) is 0 Å². The van der Waals surface area contributed by atoms with Crippen molar-refractivity contribution in [2.45, 2.75) is 12.2 Å². The standard InChI is InChI=1S/C19H21ClN6O/c20-26-17(15-7-12-22-13-8-15)9-14-24-19(26,18(27)23-11-4-10-21)25-16-5-2-1-3-6-16/h1-3,5-9,12-14,25H,4,10-11,21H2,(H,23,27). The van der Waals surface area contributed by atoms with Crippen molar-refractivity contribution in [3.05, 3.63) is 66.5 Å². The van der Waals surface area contributed by atoms with E-state index < -0.39 is 5.79 Å². The van der Waals surface area contributed by atoms with Crippen molar-refractivity contribution in [2.24, 2.45) is 10.7 Å². The number of para-hydroxylation sites is 1. The number of allylic oxidation sites excluding steroid dienone is 1. The first-order valence-electron chi connectivity index (χ1n) is 8.61. The Morgan fingerprint density at radius 1 is 1.19 bits per heavy atom. The Bertz CT molecular complexity index is 827. The molecule has 1 amide bonds. The van der Waals surface area contributed by atoms with E-state index in [-0.39, 0.29) is 5.91 Å². The fourth-order valence-corrected chi connectivity index (χ4v) is 2.99. The summed E-state index contributed by atoms with van der Waals surface area (Å²) >= 11 is 6.68. The number of aliphatic imine (C=N–C) groups is 1. The van der Waals surface area contributed by atoms with Crippen LogP contribution in [0.15, 0.2) is 65.9 Å². The third kappa shape index (κ3) is 4.10. The number of halogens is 1. The number of nitrogens with zero attached hydrogens (tertiary/aromatic N) is 3. The third-order valence-corrected chi connectivity index (χ3v) is 4.47. The first-order valence-corrected chi connectivity index (χ1v) is 8.95. The second kappa shape index (κ2) is 8.66. The zero-order chi connectivity index (χ0) is 19.1. The SMILES string of the molecule is NCCCNC(=O)C1(Nc2ccccc2)N=CC=C(c2ccncc2)N1Cl. The van der Waals surface area contributed by atoms with Gasteiger partial charge in [-0.05, 0) is 43.3 Å². The van der Waals surface area contributed by atoms with E-state index in [1.165, 1.54) is 4.42 Å². The quantitative estimate of drug-likeness (QED) is 0.502.